The van der Waals surface area contributed by atoms with E-state index in [-0.39, 0.29) is 0 Å². The molecule has 0 fully saturated rings. The maximum atomic E-state index is 11.8. The topological polar surface area (TPSA) is 87.7 Å². The molecule has 1 aliphatic rings. The van der Waals surface area contributed by atoms with Crippen LogP contribution < -0.4 is 11.1 Å². The number of hydrogen-bond acceptors (Lipinski definition) is 4. The molecule has 106 valence electrons. The predicted molar refractivity (Wildman–Crippen MR) is 82.6 cm³/mol. The molecule has 5 nitrogen and oxygen atoms in total. The summed E-state index contributed by atoms with van der Waals surface area (Å²) in [5.41, 5.74) is 8.55. The lowest BCUT2D eigenvalue weighted by Crippen LogP contribution is -2.24. The number of carbonyl (C=O) groups is 1. The van der Waals surface area contributed by atoms with Crippen molar-refractivity contribution in [3.05, 3.63) is 58.6 Å². The van der Waals surface area contributed by atoms with Crippen LogP contribution in [-0.4, -0.2) is 23.0 Å². The molecule has 1 unspecified atom stereocenters. The minimum absolute atomic E-state index is 0.425. The summed E-state index contributed by atoms with van der Waals surface area (Å²) in [4.78, 5) is 15.9. The van der Waals surface area contributed by atoms with Crippen LogP contribution in [-0.2, 0) is 4.79 Å². The van der Waals surface area contributed by atoms with Crippen molar-refractivity contribution in [1.82, 2.24) is 0 Å². The number of nitrogens with one attached hydrogen (secondary N) is 1. The first kappa shape index (κ1) is 13.6. The van der Waals surface area contributed by atoms with Crippen molar-refractivity contribution in [2.24, 2.45) is 4.99 Å². The first-order valence-electron chi connectivity index (χ1n) is 6.28. The number of halogens is 1. The zero-order chi connectivity index (χ0) is 15.0. The number of nitrogens with two attached hydrogens (primary N) is 1. The van der Waals surface area contributed by atoms with E-state index in [1.807, 2.05) is 6.07 Å². The van der Waals surface area contributed by atoms with Crippen LogP contribution >= 0.6 is 11.6 Å². The maximum absolute atomic E-state index is 11.8. The van der Waals surface area contributed by atoms with Crippen molar-refractivity contribution in [2.45, 2.75) is 6.23 Å². The molecule has 2 aromatic rings. The third-order valence-corrected chi connectivity index (χ3v) is 3.50. The molecule has 0 radical (unpaired) electrons. The molecule has 0 spiro atoms. The van der Waals surface area contributed by atoms with E-state index in [0.717, 1.165) is 0 Å². The monoisotopic (exact) mass is 301 g/mol. The zero-order valence-corrected chi connectivity index (χ0v) is 11.6. The van der Waals surface area contributed by atoms with E-state index in [2.05, 4.69) is 10.3 Å². The smallest absolute Gasteiger partial charge is 0.276 e. The molecule has 0 saturated carbocycles. The van der Waals surface area contributed by atoms with Crippen LogP contribution in [0.3, 0.4) is 0 Å². The molecular weight excluding hydrogens is 290 g/mol. The molecule has 1 heterocycles. The number of anilines is 2. The first-order valence-corrected chi connectivity index (χ1v) is 6.65. The van der Waals surface area contributed by atoms with Crippen molar-refractivity contribution in [3.63, 3.8) is 0 Å². The molecule has 0 aliphatic carbocycles. The van der Waals surface area contributed by atoms with Crippen LogP contribution in [0, 0.1) is 0 Å². The quantitative estimate of drug-likeness (QED) is 0.704. The number of aliphatic hydroxyl groups is 1. The van der Waals surface area contributed by atoms with E-state index in [9.17, 15) is 9.90 Å². The van der Waals surface area contributed by atoms with Gasteiger partial charge in [-0.3, -0.25) is 4.79 Å². The number of rotatable bonds is 1. The van der Waals surface area contributed by atoms with Crippen LogP contribution in [0.1, 0.15) is 11.1 Å². The second-order valence-electron chi connectivity index (χ2n) is 4.63. The molecule has 6 heteroatoms. The van der Waals surface area contributed by atoms with Gasteiger partial charge in [-0.25, -0.2) is 4.99 Å². The molecule has 1 atom stereocenters. The highest BCUT2D eigenvalue weighted by Crippen LogP contribution is 2.28. The van der Waals surface area contributed by atoms with Gasteiger partial charge in [0.05, 0.1) is 11.4 Å². The van der Waals surface area contributed by atoms with Crippen molar-refractivity contribution >= 4 is 34.6 Å². The van der Waals surface area contributed by atoms with E-state index in [0.29, 0.717) is 33.2 Å². The number of aliphatic hydroxyl groups excluding tert-OH is 1. The number of hydrogen-bond donors (Lipinski definition) is 3. The Morgan fingerprint density at radius 2 is 1.95 bits per heavy atom. The number of benzene rings is 2. The van der Waals surface area contributed by atoms with Crippen LogP contribution in [0.2, 0.25) is 5.02 Å². The Morgan fingerprint density at radius 3 is 2.71 bits per heavy atom. The molecule has 1 aliphatic heterocycles. The minimum atomic E-state index is -1.50. The number of fused-ring (bicyclic) bond motifs is 1. The van der Waals surface area contributed by atoms with Crippen molar-refractivity contribution < 1.29 is 9.90 Å². The van der Waals surface area contributed by atoms with Crippen LogP contribution in [0.25, 0.3) is 0 Å². The highest BCUT2D eigenvalue weighted by atomic mass is 35.5. The lowest BCUT2D eigenvalue weighted by atomic mass is 10.00. The highest BCUT2D eigenvalue weighted by molar-refractivity contribution is 6.36. The minimum Gasteiger partial charge on any atom is -0.399 e. The van der Waals surface area contributed by atoms with Gasteiger partial charge in [-0.1, -0.05) is 29.8 Å². The van der Waals surface area contributed by atoms with Gasteiger partial charge in [-0.05, 0) is 24.3 Å². The number of amides is 1. The molecule has 1 amide bonds. The fourth-order valence-electron chi connectivity index (χ4n) is 2.18. The van der Waals surface area contributed by atoms with Crippen molar-refractivity contribution in [1.29, 1.82) is 0 Å². The first-order chi connectivity index (χ1) is 10.1. The van der Waals surface area contributed by atoms with Gasteiger partial charge < -0.3 is 16.2 Å². The summed E-state index contributed by atoms with van der Waals surface area (Å²) in [6, 6.07) is 12.1. The molecule has 2 aromatic carbocycles. The Bertz CT molecular complexity index is 758. The van der Waals surface area contributed by atoms with Gasteiger partial charge in [-0.2, -0.15) is 0 Å². The van der Waals surface area contributed by atoms with E-state index >= 15 is 0 Å². The Kier molecular flexibility index (Phi) is 3.37. The molecule has 0 bridgehead atoms. The molecular formula is C15H12ClN3O2. The number of nitrogens with zero attached hydrogens (tertiary/aromatic N) is 1. The SMILES string of the molecule is Nc1ccc2c(c1)C(c1ccccc1Cl)=NC(O)C(=O)N2. The molecule has 21 heavy (non-hydrogen) atoms. The van der Waals surface area contributed by atoms with Crippen molar-refractivity contribution in [2.75, 3.05) is 11.1 Å². The fourth-order valence-corrected chi connectivity index (χ4v) is 2.41. The zero-order valence-electron chi connectivity index (χ0n) is 10.9. The average molecular weight is 302 g/mol. The van der Waals surface area contributed by atoms with E-state index in [1.54, 1.807) is 36.4 Å². The number of aliphatic imine (C=N–C) groups is 1. The summed E-state index contributed by atoms with van der Waals surface area (Å²) in [5.74, 6) is -0.594. The van der Waals surface area contributed by atoms with Gasteiger partial charge in [0.2, 0.25) is 6.23 Å². The van der Waals surface area contributed by atoms with Gasteiger partial charge in [0.25, 0.3) is 5.91 Å². The van der Waals surface area contributed by atoms with Gasteiger partial charge in [0.1, 0.15) is 0 Å². The van der Waals surface area contributed by atoms with Crippen LogP contribution in [0.5, 0.6) is 0 Å². The molecule has 0 saturated heterocycles. The van der Waals surface area contributed by atoms with Gasteiger partial charge >= 0.3 is 0 Å². The average Bonchev–Trinajstić information content (AvgIpc) is 2.58. The number of carbonyl (C=O) groups excluding carboxylic acids is 1. The third kappa shape index (κ3) is 2.49. The second kappa shape index (κ2) is 5.20. The summed E-state index contributed by atoms with van der Waals surface area (Å²) in [6.45, 7) is 0. The fraction of sp³-hybridized carbons (Fsp3) is 0.0667. The molecule has 4 N–H and O–H groups in total. The third-order valence-electron chi connectivity index (χ3n) is 3.17. The van der Waals surface area contributed by atoms with Gasteiger partial charge in [0, 0.05) is 21.8 Å². The maximum Gasteiger partial charge on any atom is 0.276 e. The largest absolute Gasteiger partial charge is 0.399 e. The Labute approximate surface area is 126 Å². The number of nitrogen functional groups attached to an aromatic ring is 1. The van der Waals surface area contributed by atoms with Crippen LogP contribution in [0.4, 0.5) is 11.4 Å². The summed E-state index contributed by atoms with van der Waals surface area (Å²) >= 11 is 6.20. The van der Waals surface area contributed by atoms with Gasteiger partial charge in [0.15, 0.2) is 0 Å². The summed E-state index contributed by atoms with van der Waals surface area (Å²) in [7, 11) is 0. The second-order valence-corrected chi connectivity index (χ2v) is 5.03. The molecule has 3 rings (SSSR count). The van der Waals surface area contributed by atoms with E-state index in [4.69, 9.17) is 17.3 Å². The highest BCUT2D eigenvalue weighted by Gasteiger charge is 2.25. The Hall–Kier alpha value is -2.37. The Balaban J connectivity index is 2.27. The Morgan fingerprint density at radius 1 is 1.19 bits per heavy atom. The summed E-state index contributed by atoms with van der Waals surface area (Å²) < 4.78 is 0. The van der Waals surface area contributed by atoms with Crippen molar-refractivity contribution in [3.8, 4) is 0 Å². The number of benzodiazepines with no additional fused rings is 1. The van der Waals surface area contributed by atoms with E-state index < -0.39 is 12.1 Å². The lowest BCUT2D eigenvalue weighted by molar-refractivity contribution is -0.123. The summed E-state index contributed by atoms with van der Waals surface area (Å²) in [6.07, 6.45) is -1.50. The summed E-state index contributed by atoms with van der Waals surface area (Å²) in [5, 5.41) is 12.9. The molecule has 0 aromatic heterocycles. The van der Waals surface area contributed by atoms with Gasteiger partial charge in [-0.15, -0.1) is 0 Å². The van der Waals surface area contributed by atoms with E-state index in [1.165, 1.54) is 0 Å². The predicted octanol–water partition coefficient (Wildman–Crippen LogP) is 2.03. The van der Waals surface area contributed by atoms with Crippen LogP contribution in [0.15, 0.2) is 47.5 Å². The standard InChI is InChI=1S/C15H12ClN3O2/c16-11-4-2-1-3-9(11)13-10-7-8(17)5-6-12(10)18-14(20)15(21)19-13/h1-7,15,21H,17H2,(H,18,20). The normalized spacial score (nSPS) is 17.5. The lowest BCUT2D eigenvalue weighted by Gasteiger charge is -2.11.